The molecule has 0 unspecified atom stereocenters. The summed E-state index contributed by atoms with van der Waals surface area (Å²) in [6.07, 6.45) is 0. The van der Waals surface area contributed by atoms with E-state index in [1.54, 1.807) is 0 Å². The SMILES string of the molecule is C1CNCCN1.[Zr]. The Labute approximate surface area is 63.2 Å². The summed E-state index contributed by atoms with van der Waals surface area (Å²) in [5.41, 5.74) is 0. The van der Waals surface area contributed by atoms with Crippen LogP contribution in [-0.4, -0.2) is 26.2 Å². The van der Waals surface area contributed by atoms with Gasteiger partial charge in [0.15, 0.2) is 0 Å². The van der Waals surface area contributed by atoms with Gasteiger partial charge in [-0.1, -0.05) is 0 Å². The van der Waals surface area contributed by atoms with Crippen LogP contribution in [0.4, 0.5) is 0 Å². The molecule has 1 aliphatic heterocycles. The molecule has 0 saturated carbocycles. The van der Waals surface area contributed by atoms with Gasteiger partial charge in [-0.3, -0.25) is 0 Å². The number of hydrogen-bond donors (Lipinski definition) is 2. The maximum Gasteiger partial charge on any atom is 0.00772 e. The zero-order valence-corrected chi connectivity index (χ0v) is 6.79. The Morgan fingerprint density at radius 1 is 0.714 bits per heavy atom. The van der Waals surface area contributed by atoms with Gasteiger partial charge in [0.1, 0.15) is 0 Å². The molecule has 1 rings (SSSR count). The fourth-order valence-corrected chi connectivity index (χ4v) is 0.604. The second-order valence-corrected chi connectivity index (χ2v) is 1.50. The predicted molar refractivity (Wildman–Crippen MR) is 25.7 cm³/mol. The summed E-state index contributed by atoms with van der Waals surface area (Å²) < 4.78 is 0. The van der Waals surface area contributed by atoms with E-state index in [-0.39, 0.29) is 26.2 Å². The first kappa shape index (κ1) is 7.80. The van der Waals surface area contributed by atoms with E-state index in [9.17, 15) is 0 Å². The van der Waals surface area contributed by atoms with E-state index in [1.165, 1.54) is 0 Å². The summed E-state index contributed by atoms with van der Waals surface area (Å²) in [7, 11) is 0. The third kappa shape index (κ3) is 3.39. The molecule has 0 atom stereocenters. The second kappa shape index (κ2) is 4.95. The molecule has 2 nitrogen and oxygen atoms in total. The van der Waals surface area contributed by atoms with Gasteiger partial charge in [0.05, 0.1) is 0 Å². The van der Waals surface area contributed by atoms with Crippen LogP contribution in [0.2, 0.25) is 0 Å². The maximum absolute atomic E-state index is 3.22. The van der Waals surface area contributed by atoms with Crippen LogP contribution in [0, 0.1) is 0 Å². The molecule has 7 heavy (non-hydrogen) atoms. The molecule has 1 aliphatic rings. The number of rotatable bonds is 0. The van der Waals surface area contributed by atoms with Crippen molar-refractivity contribution in [2.45, 2.75) is 0 Å². The smallest absolute Gasteiger partial charge is 0.00772 e. The molecule has 2 N–H and O–H groups in total. The molecule has 0 bridgehead atoms. The standard InChI is InChI=1S/C4H10N2.Zr/c1-2-6-4-3-5-1;/h5-6H,1-4H2;. The minimum absolute atomic E-state index is 0. The Morgan fingerprint density at radius 3 is 1.14 bits per heavy atom. The van der Waals surface area contributed by atoms with E-state index in [2.05, 4.69) is 10.6 Å². The van der Waals surface area contributed by atoms with Crippen molar-refractivity contribution in [3.05, 3.63) is 0 Å². The van der Waals surface area contributed by atoms with E-state index in [0.717, 1.165) is 26.2 Å². The first-order valence-corrected chi connectivity index (χ1v) is 2.41. The van der Waals surface area contributed by atoms with E-state index in [0.29, 0.717) is 0 Å². The Morgan fingerprint density at radius 2 is 1.00 bits per heavy atom. The van der Waals surface area contributed by atoms with Crippen molar-refractivity contribution in [3.63, 3.8) is 0 Å². The van der Waals surface area contributed by atoms with Crippen molar-refractivity contribution in [1.29, 1.82) is 0 Å². The minimum atomic E-state index is 0. The molecule has 0 amide bonds. The van der Waals surface area contributed by atoms with Crippen molar-refractivity contribution >= 4 is 0 Å². The van der Waals surface area contributed by atoms with Crippen molar-refractivity contribution < 1.29 is 26.2 Å². The third-order valence-electron chi connectivity index (χ3n) is 0.957. The van der Waals surface area contributed by atoms with E-state index in [1.807, 2.05) is 0 Å². The molecule has 0 aromatic rings. The summed E-state index contributed by atoms with van der Waals surface area (Å²) in [6.45, 7) is 4.56. The van der Waals surface area contributed by atoms with Crippen molar-refractivity contribution in [1.82, 2.24) is 10.6 Å². The van der Waals surface area contributed by atoms with Crippen LogP contribution >= 0.6 is 0 Å². The third-order valence-corrected chi connectivity index (χ3v) is 0.957. The molecular formula is C4H10N2Zr. The van der Waals surface area contributed by atoms with Gasteiger partial charge < -0.3 is 10.6 Å². The van der Waals surface area contributed by atoms with Crippen molar-refractivity contribution in [2.24, 2.45) is 0 Å². The monoisotopic (exact) mass is 176 g/mol. The number of hydrogen-bond acceptors (Lipinski definition) is 2. The molecule has 0 spiro atoms. The maximum atomic E-state index is 3.22. The van der Waals surface area contributed by atoms with E-state index in [4.69, 9.17) is 0 Å². The minimum Gasteiger partial charge on any atom is -0.314 e. The van der Waals surface area contributed by atoms with Gasteiger partial charge in [0.2, 0.25) is 0 Å². The molecule has 1 heterocycles. The van der Waals surface area contributed by atoms with Gasteiger partial charge in [0.25, 0.3) is 0 Å². The fourth-order valence-electron chi connectivity index (χ4n) is 0.604. The van der Waals surface area contributed by atoms with Crippen LogP contribution < -0.4 is 10.6 Å². The van der Waals surface area contributed by atoms with Crippen molar-refractivity contribution in [2.75, 3.05) is 26.2 Å². The normalized spacial score (nSPS) is 20.6. The molecule has 3 heteroatoms. The summed E-state index contributed by atoms with van der Waals surface area (Å²) in [5.74, 6) is 0. The average molecular weight is 177 g/mol. The van der Waals surface area contributed by atoms with E-state index < -0.39 is 0 Å². The Hall–Kier alpha value is 0.803. The average Bonchev–Trinajstić information content (AvgIpc) is 1.72. The van der Waals surface area contributed by atoms with Crippen LogP contribution in [0.25, 0.3) is 0 Å². The molecule has 40 valence electrons. The molecule has 0 radical (unpaired) electrons. The quantitative estimate of drug-likeness (QED) is 0.505. The molecule has 1 saturated heterocycles. The number of piperazine rings is 1. The van der Waals surface area contributed by atoms with Crippen LogP contribution in [-0.2, 0) is 26.2 Å². The number of nitrogens with one attached hydrogen (secondary N) is 2. The fraction of sp³-hybridized carbons (Fsp3) is 1.00. The van der Waals surface area contributed by atoms with Crippen LogP contribution in [0.15, 0.2) is 0 Å². The van der Waals surface area contributed by atoms with E-state index >= 15 is 0 Å². The van der Waals surface area contributed by atoms with Gasteiger partial charge in [-0.05, 0) is 0 Å². The Kier molecular flexibility index (Phi) is 5.52. The van der Waals surface area contributed by atoms with Crippen LogP contribution in [0.3, 0.4) is 0 Å². The summed E-state index contributed by atoms with van der Waals surface area (Å²) in [5, 5.41) is 6.44. The van der Waals surface area contributed by atoms with Gasteiger partial charge in [-0.2, -0.15) is 0 Å². The topological polar surface area (TPSA) is 24.1 Å². The van der Waals surface area contributed by atoms with Gasteiger partial charge in [-0.25, -0.2) is 0 Å². The first-order valence-electron chi connectivity index (χ1n) is 2.41. The summed E-state index contributed by atoms with van der Waals surface area (Å²) >= 11 is 0. The largest absolute Gasteiger partial charge is 0.314 e. The van der Waals surface area contributed by atoms with Crippen LogP contribution in [0.5, 0.6) is 0 Å². The van der Waals surface area contributed by atoms with Crippen molar-refractivity contribution in [3.8, 4) is 0 Å². The molecule has 0 aromatic carbocycles. The Bertz CT molecular complexity index is 25.2. The van der Waals surface area contributed by atoms with Crippen LogP contribution in [0.1, 0.15) is 0 Å². The Balaban J connectivity index is 0.000000360. The van der Waals surface area contributed by atoms with Gasteiger partial charge in [0, 0.05) is 52.4 Å². The van der Waals surface area contributed by atoms with Gasteiger partial charge >= 0.3 is 0 Å². The second-order valence-electron chi connectivity index (χ2n) is 1.50. The molecule has 1 fully saturated rings. The summed E-state index contributed by atoms with van der Waals surface area (Å²) in [4.78, 5) is 0. The molecular weight excluding hydrogens is 167 g/mol. The molecule has 0 aliphatic carbocycles. The zero-order valence-electron chi connectivity index (χ0n) is 4.33. The molecule has 0 aromatic heterocycles. The summed E-state index contributed by atoms with van der Waals surface area (Å²) in [6, 6.07) is 0. The van der Waals surface area contributed by atoms with Gasteiger partial charge in [-0.15, -0.1) is 0 Å². The predicted octanol–water partition coefficient (Wildman–Crippen LogP) is -0.823. The first-order chi connectivity index (χ1) is 3.00. The zero-order chi connectivity index (χ0) is 4.24.